The molecule has 1 aliphatic heterocycles. The molecule has 212 valence electrons. The van der Waals surface area contributed by atoms with Gasteiger partial charge in [-0.15, -0.1) is 0 Å². The van der Waals surface area contributed by atoms with E-state index in [9.17, 15) is 34.8 Å². The Labute approximate surface area is 227 Å². The van der Waals surface area contributed by atoms with Crippen molar-refractivity contribution in [2.24, 2.45) is 23.5 Å². The van der Waals surface area contributed by atoms with E-state index in [1.54, 1.807) is 19.0 Å². The molecule has 1 aromatic rings. The van der Waals surface area contributed by atoms with Crippen LogP contribution in [0.3, 0.4) is 0 Å². The second kappa shape index (κ2) is 9.50. The number of aliphatic hydroxyl groups is 3. The number of anilines is 2. The molecule has 6 atom stereocenters. The predicted octanol–water partition coefficient (Wildman–Crippen LogP) is 0.185. The molecule has 0 bridgehead atoms. The van der Waals surface area contributed by atoms with E-state index < -0.39 is 58.7 Å². The van der Waals surface area contributed by atoms with Crippen LogP contribution in [0.4, 0.5) is 11.4 Å². The van der Waals surface area contributed by atoms with E-state index in [1.165, 1.54) is 0 Å². The molecule has 1 amide bonds. The number of aromatic hydroxyl groups is 1. The number of hydrogen-bond acceptors (Lipinski definition) is 10. The van der Waals surface area contributed by atoms with Crippen molar-refractivity contribution in [3.63, 3.8) is 0 Å². The van der Waals surface area contributed by atoms with Crippen LogP contribution in [0.5, 0.6) is 5.75 Å². The lowest BCUT2D eigenvalue weighted by atomic mass is 9.54. The van der Waals surface area contributed by atoms with Crippen LogP contribution in [-0.2, 0) is 20.8 Å². The number of likely N-dealkylation sites (N-methyl/N-ethyl adjacent to an activating group) is 1. The van der Waals surface area contributed by atoms with Gasteiger partial charge in [-0.3, -0.25) is 14.4 Å². The molecule has 0 spiro atoms. The second-order valence-electron chi connectivity index (χ2n) is 11.8. The zero-order valence-corrected chi connectivity index (χ0v) is 22.8. The van der Waals surface area contributed by atoms with Gasteiger partial charge in [-0.05, 0) is 63.7 Å². The van der Waals surface area contributed by atoms with Gasteiger partial charge in [0.05, 0.1) is 17.4 Å². The quantitative estimate of drug-likeness (QED) is 0.331. The Bertz CT molecular complexity index is 1270. The number of primary amides is 1. The Morgan fingerprint density at radius 1 is 1.10 bits per heavy atom. The number of carbonyl (C=O) groups excluding carboxylic acids is 3. The number of nitrogens with zero attached hydrogens (tertiary/aromatic N) is 3. The number of benzene rings is 1. The van der Waals surface area contributed by atoms with Gasteiger partial charge in [0.1, 0.15) is 17.4 Å². The van der Waals surface area contributed by atoms with Gasteiger partial charge in [-0.1, -0.05) is 0 Å². The van der Waals surface area contributed by atoms with Crippen LogP contribution in [0.2, 0.25) is 0 Å². The van der Waals surface area contributed by atoms with Crippen molar-refractivity contribution in [3.8, 4) is 5.75 Å². The van der Waals surface area contributed by atoms with Crippen molar-refractivity contribution in [1.29, 1.82) is 0 Å². The zero-order valence-electron chi connectivity index (χ0n) is 22.8. The van der Waals surface area contributed by atoms with Crippen molar-refractivity contribution >= 4 is 34.6 Å². The minimum Gasteiger partial charge on any atom is -0.507 e. The summed E-state index contributed by atoms with van der Waals surface area (Å²) in [4.78, 5) is 45.3. The zero-order chi connectivity index (χ0) is 28.5. The first-order valence-electron chi connectivity index (χ1n) is 13.5. The summed E-state index contributed by atoms with van der Waals surface area (Å²) in [6.45, 7) is 1.49. The van der Waals surface area contributed by atoms with Crippen LogP contribution < -0.4 is 15.5 Å². The normalized spacial score (nSPS) is 32.6. The number of piperidine rings is 1. The Hall–Kier alpha value is -3.15. The third-order valence-electron chi connectivity index (χ3n) is 9.22. The maximum Gasteiger partial charge on any atom is 0.230 e. The molecular formula is C28H38N4O7. The lowest BCUT2D eigenvalue weighted by Crippen LogP contribution is -2.73. The van der Waals surface area contributed by atoms with E-state index in [0.717, 1.165) is 38.0 Å². The highest BCUT2D eigenvalue weighted by molar-refractivity contribution is 6.25. The third kappa shape index (κ3) is 3.85. The van der Waals surface area contributed by atoms with Crippen molar-refractivity contribution in [2.75, 3.05) is 51.1 Å². The number of aliphatic hydroxyl groups excluding tert-OH is 2. The maximum absolute atomic E-state index is 14.1. The van der Waals surface area contributed by atoms with E-state index in [-0.39, 0.29) is 29.7 Å². The molecule has 3 aliphatic carbocycles. The average molecular weight is 543 g/mol. The summed E-state index contributed by atoms with van der Waals surface area (Å²) >= 11 is 0. The maximum atomic E-state index is 14.1. The molecule has 6 N–H and O–H groups in total. The molecule has 11 heteroatoms. The van der Waals surface area contributed by atoms with Gasteiger partial charge in [0, 0.05) is 50.4 Å². The number of rotatable bonds is 4. The number of phenolic OH excluding ortho intramolecular Hbond substituents is 1. The molecule has 2 saturated carbocycles. The number of fused-ring (bicyclic) bond motifs is 3. The molecule has 2 unspecified atom stereocenters. The highest BCUT2D eigenvalue weighted by Gasteiger charge is 2.67. The Morgan fingerprint density at radius 3 is 2.31 bits per heavy atom. The van der Waals surface area contributed by atoms with Crippen LogP contribution in [0, 0.1) is 17.8 Å². The molecule has 3 fully saturated rings. The van der Waals surface area contributed by atoms with E-state index in [0.29, 0.717) is 11.3 Å². The summed E-state index contributed by atoms with van der Waals surface area (Å²) < 4.78 is 0. The summed E-state index contributed by atoms with van der Waals surface area (Å²) in [7, 11) is 7.01. The van der Waals surface area contributed by atoms with Crippen LogP contribution in [0.25, 0.3) is 5.76 Å². The highest BCUT2D eigenvalue weighted by atomic mass is 16.3. The number of amides is 1. The van der Waals surface area contributed by atoms with E-state index >= 15 is 0 Å². The van der Waals surface area contributed by atoms with Crippen molar-refractivity contribution in [1.82, 2.24) is 4.90 Å². The highest BCUT2D eigenvalue weighted by Crippen LogP contribution is 2.54. The van der Waals surface area contributed by atoms with Crippen LogP contribution >= 0.6 is 0 Å². The summed E-state index contributed by atoms with van der Waals surface area (Å²) in [6, 6.07) is 0.995. The minimum absolute atomic E-state index is 0.0969. The minimum atomic E-state index is -2.66. The average Bonchev–Trinajstić information content (AvgIpc) is 2.86. The molecule has 4 aliphatic rings. The van der Waals surface area contributed by atoms with Gasteiger partial charge >= 0.3 is 0 Å². The Kier molecular flexibility index (Phi) is 6.68. The number of hydrogen-bond donors (Lipinski definition) is 5. The largest absolute Gasteiger partial charge is 0.507 e. The van der Waals surface area contributed by atoms with E-state index in [4.69, 9.17) is 5.73 Å². The van der Waals surface area contributed by atoms with Gasteiger partial charge in [-0.2, -0.15) is 0 Å². The van der Waals surface area contributed by atoms with Crippen molar-refractivity contribution in [3.05, 3.63) is 22.8 Å². The first-order chi connectivity index (χ1) is 18.3. The van der Waals surface area contributed by atoms with E-state index in [2.05, 4.69) is 4.90 Å². The number of nitrogens with two attached hydrogens (primary N) is 1. The second-order valence-corrected chi connectivity index (χ2v) is 11.8. The fraction of sp³-hybridized carbons (Fsp3) is 0.607. The number of carbonyl (C=O) groups is 3. The molecular weight excluding hydrogens is 504 g/mol. The van der Waals surface area contributed by atoms with Crippen LogP contribution in [-0.4, -0.2) is 102 Å². The molecule has 0 radical (unpaired) electrons. The standard InChI is InChI=1S/C28H38N4O7/c1-30(2)16-12-17(32-8-6-5-7-9-32)22(33)19-14(16)10-13-11-15-21(31(3)4)24(35)20(27(29)38)26(37)28(15,39)25(36)18(13)23(19)34/h12-13,15,20-21,24,33-35,39H,5-11H2,1-4H3,(H2,29,38)/t13-,15-,20?,21-,24?,28-/m1/s1. The van der Waals surface area contributed by atoms with Gasteiger partial charge in [0.15, 0.2) is 11.4 Å². The number of ketones is 2. The van der Waals surface area contributed by atoms with Gasteiger partial charge < -0.3 is 40.9 Å². The monoisotopic (exact) mass is 542 g/mol. The molecule has 39 heavy (non-hydrogen) atoms. The summed E-state index contributed by atoms with van der Waals surface area (Å²) in [5.41, 5.74) is 4.80. The predicted molar refractivity (Wildman–Crippen MR) is 144 cm³/mol. The summed E-state index contributed by atoms with van der Waals surface area (Å²) in [6.07, 6.45) is 1.90. The van der Waals surface area contributed by atoms with Gasteiger partial charge in [0.25, 0.3) is 0 Å². The summed E-state index contributed by atoms with van der Waals surface area (Å²) in [5, 5.41) is 45.9. The van der Waals surface area contributed by atoms with Gasteiger partial charge in [-0.25, -0.2) is 0 Å². The molecule has 1 aromatic carbocycles. The number of phenols is 1. The fourth-order valence-corrected chi connectivity index (χ4v) is 7.41. The molecule has 11 nitrogen and oxygen atoms in total. The number of Topliss-reactive ketones (excluding diaryl/α,β-unsaturated/α-hetero) is 2. The Morgan fingerprint density at radius 2 is 1.74 bits per heavy atom. The van der Waals surface area contributed by atoms with Gasteiger partial charge in [0.2, 0.25) is 11.7 Å². The fourth-order valence-electron chi connectivity index (χ4n) is 7.41. The van der Waals surface area contributed by atoms with Crippen LogP contribution in [0.15, 0.2) is 11.6 Å². The lowest BCUT2D eigenvalue weighted by molar-refractivity contribution is -0.184. The first-order valence-corrected chi connectivity index (χ1v) is 13.5. The topological polar surface area (TPSA) is 168 Å². The van der Waals surface area contributed by atoms with E-state index in [1.807, 2.05) is 25.1 Å². The Balaban J connectivity index is 1.70. The van der Waals surface area contributed by atoms with Crippen molar-refractivity contribution in [2.45, 2.75) is 49.9 Å². The molecule has 5 rings (SSSR count). The van der Waals surface area contributed by atoms with Crippen molar-refractivity contribution < 1.29 is 34.8 Å². The first kappa shape index (κ1) is 27.4. The molecule has 0 aromatic heterocycles. The smallest absolute Gasteiger partial charge is 0.230 e. The summed E-state index contributed by atoms with van der Waals surface area (Å²) in [5.74, 6) is -7.29. The third-order valence-corrected chi connectivity index (χ3v) is 9.22. The lowest BCUT2D eigenvalue weighted by Gasteiger charge is -2.53. The SMILES string of the molecule is CN(C)c1cc(N2CCCCC2)c(O)c2c1C[C@@H]1C[C@@H]3[C@@H](N(C)C)C(O)C(C(N)=O)C(=O)[C@]3(O)C(=O)C1=C2O. The van der Waals surface area contributed by atoms with Crippen LogP contribution in [0.1, 0.15) is 36.8 Å². The molecule has 1 saturated heterocycles. The molecule has 1 heterocycles.